The van der Waals surface area contributed by atoms with Gasteiger partial charge in [0.15, 0.2) is 0 Å². The maximum Gasteiger partial charge on any atom is 0.244 e. The van der Waals surface area contributed by atoms with Crippen LogP contribution in [0.1, 0.15) is 26.3 Å². The van der Waals surface area contributed by atoms with Crippen LogP contribution in [-0.2, 0) is 9.59 Å². The molecule has 0 fully saturated rings. The molecule has 0 aliphatic heterocycles. The molecule has 0 heterocycles. The van der Waals surface area contributed by atoms with Gasteiger partial charge in [-0.05, 0) is 62.7 Å². The van der Waals surface area contributed by atoms with E-state index in [9.17, 15) is 9.59 Å². The molecule has 2 aromatic carbocycles. The zero-order valence-corrected chi connectivity index (χ0v) is 15.1. The Hall–Kier alpha value is -2.82. The smallest absolute Gasteiger partial charge is 0.244 e. The van der Waals surface area contributed by atoms with Gasteiger partial charge in [0.2, 0.25) is 11.8 Å². The second-order valence-corrected chi connectivity index (χ2v) is 6.18. The topological polar surface area (TPSA) is 58.6 Å². The van der Waals surface area contributed by atoms with Crippen molar-refractivity contribution in [1.29, 1.82) is 0 Å². The molecule has 25 heavy (non-hydrogen) atoms. The van der Waals surface area contributed by atoms with Crippen LogP contribution < -0.4 is 15.0 Å². The van der Waals surface area contributed by atoms with Gasteiger partial charge in [0, 0.05) is 18.3 Å². The highest BCUT2D eigenvalue weighted by Gasteiger charge is 2.16. The van der Waals surface area contributed by atoms with Gasteiger partial charge in [0.25, 0.3) is 0 Å². The van der Waals surface area contributed by atoms with Crippen LogP contribution in [0, 0.1) is 6.92 Å². The summed E-state index contributed by atoms with van der Waals surface area (Å²) >= 11 is 0. The lowest BCUT2D eigenvalue weighted by Gasteiger charge is -2.21. The molecule has 1 N–H and O–H groups in total. The van der Waals surface area contributed by atoms with Gasteiger partial charge in [-0.15, -0.1) is 0 Å². The summed E-state index contributed by atoms with van der Waals surface area (Å²) < 4.78 is 5.57. The Bertz CT molecular complexity index is 739. The van der Waals surface area contributed by atoms with E-state index >= 15 is 0 Å². The van der Waals surface area contributed by atoms with Gasteiger partial charge in [-0.3, -0.25) is 9.59 Å². The summed E-state index contributed by atoms with van der Waals surface area (Å²) in [6.07, 6.45) is 0.0962. The molecule has 2 amide bonds. The fraction of sp³-hybridized carbons (Fsp3) is 0.300. The predicted molar refractivity (Wildman–Crippen MR) is 100 cm³/mol. The van der Waals surface area contributed by atoms with Crippen LogP contribution in [0.15, 0.2) is 48.5 Å². The maximum atomic E-state index is 12.3. The third-order valence-electron chi connectivity index (χ3n) is 3.51. The highest BCUT2D eigenvalue weighted by molar-refractivity contribution is 6.01. The van der Waals surface area contributed by atoms with Gasteiger partial charge in [-0.25, -0.2) is 0 Å². The number of rotatable bonds is 6. The van der Waals surface area contributed by atoms with Crippen LogP contribution in [0.4, 0.5) is 11.4 Å². The number of anilines is 2. The van der Waals surface area contributed by atoms with E-state index in [0.29, 0.717) is 11.4 Å². The van der Waals surface area contributed by atoms with Crippen LogP contribution in [0.5, 0.6) is 5.75 Å². The summed E-state index contributed by atoms with van der Waals surface area (Å²) in [4.78, 5) is 25.7. The van der Waals surface area contributed by atoms with Crippen molar-refractivity contribution in [3.05, 3.63) is 54.1 Å². The fourth-order valence-electron chi connectivity index (χ4n) is 2.41. The molecule has 2 rings (SSSR count). The van der Waals surface area contributed by atoms with Crippen molar-refractivity contribution < 1.29 is 14.3 Å². The summed E-state index contributed by atoms with van der Waals surface area (Å²) in [5.74, 6) is 0.314. The molecule has 0 aliphatic carbocycles. The van der Waals surface area contributed by atoms with Crippen LogP contribution in [0.2, 0.25) is 0 Å². The van der Waals surface area contributed by atoms with Gasteiger partial charge in [-0.1, -0.05) is 12.1 Å². The van der Waals surface area contributed by atoms with E-state index in [4.69, 9.17) is 4.74 Å². The molecule has 0 saturated carbocycles. The van der Waals surface area contributed by atoms with E-state index < -0.39 is 0 Å². The van der Waals surface area contributed by atoms with Crippen molar-refractivity contribution in [2.24, 2.45) is 0 Å². The van der Waals surface area contributed by atoms with E-state index in [1.54, 1.807) is 24.3 Å². The number of benzene rings is 2. The molecule has 132 valence electrons. The van der Waals surface area contributed by atoms with E-state index in [0.717, 1.165) is 11.3 Å². The Morgan fingerprint density at radius 3 is 2.36 bits per heavy atom. The molecule has 2 aromatic rings. The quantitative estimate of drug-likeness (QED) is 0.871. The molecular formula is C20H24N2O3. The molecule has 5 nitrogen and oxygen atoms in total. The average molecular weight is 340 g/mol. The van der Waals surface area contributed by atoms with Crippen LogP contribution >= 0.6 is 0 Å². The summed E-state index contributed by atoms with van der Waals surface area (Å²) in [7, 11) is 0. The summed E-state index contributed by atoms with van der Waals surface area (Å²) in [6.45, 7) is 7.27. The lowest BCUT2D eigenvalue weighted by Crippen LogP contribution is -2.36. The molecule has 0 aromatic heterocycles. The molecule has 5 heteroatoms. The minimum absolute atomic E-state index is 0.0387. The third kappa shape index (κ3) is 5.64. The van der Waals surface area contributed by atoms with E-state index in [-0.39, 0.29) is 24.5 Å². The lowest BCUT2D eigenvalue weighted by molar-refractivity contribution is -0.120. The second kappa shape index (κ2) is 8.33. The zero-order valence-electron chi connectivity index (χ0n) is 15.1. The number of hydrogen-bond acceptors (Lipinski definition) is 3. The molecule has 0 saturated heterocycles. The highest BCUT2D eigenvalue weighted by atomic mass is 16.5. The number of carbonyl (C=O) groups excluding carboxylic acids is 2. The lowest BCUT2D eigenvalue weighted by atomic mass is 10.2. The maximum absolute atomic E-state index is 12.3. The Balaban J connectivity index is 2.03. The van der Waals surface area contributed by atoms with Crippen LogP contribution in [0.3, 0.4) is 0 Å². The van der Waals surface area contributed by atoms with Crippen molar-refractivity contribution in [1.82, 2.24) is 0 Å². The average Bonchev–Trinajstić information content (AvgIpc) is 2.53. The van der Waals surface area contributed by atoms with Crippen molar-refractivity contribution in [3.63, 3.8) is 0 Å². The Kier molecular flexibility index (Phi) is 6.17. The van der Waals surface area contributed by atoms with Gasteiger partial charge >= 0.3 is 0 Å². The fourth-order valence-corrected chi connectivity index (χ4v) is 2.41. The molecule has 0 atom stereocenters. The van der Waals surface area contributed by atoms with E-state index in [1.165, 1.54) is 11.8 Å². The first kappa shape index (κ1) is 18.5. The van der Waals surface area contributed by atoms with Crippen molar-refractivity contribution >= 4 is 23.2 Å². The first-order valence-electron chi connectivity index (χ1n) is 8.26. The van der Waals surface area contributed by atoms with E-state index in [2.05, 4.69) is 5.32 Å². The van der Waals surface area contributed by atoms with Gasteiger partial charge < -0.3 is 15.0 Å². The van der Waals surface area contributed by atoms with Crippen molar-refractivity contribution in [2.75, 3.05) is 16.8 Å². The van der Waals surface area contributed by atoms with Crippen molar-refractivity contribution in [3.8, 4) is 5.75 Å². The van der Waals surface area contributed by atoms with Gasteiger partial charge in [0.05, 0.1) is 6.10 Å². The first-order valence-corrected chi connectivity index (χ1v) is 8.26. The molecule has 0 spiro atoms. The van der Waals surface area contributed by atoms with Crippen molar-refractivity contribution in [2.45, 2.75) is 33.8 Å². The Morgan fingerprint density at radius 1 is 1.12 bits per heavy atom. The second-order valence-electron chi connectivity index (χ2n) is 6.18. The number of nitrogens with one attached hydrogen (secondary N) is 1. The van der Waals surface area contributed by atoms with Gasteiger partial charge in [-0.2, -0.15) is 0 Å². The monoisotopic (exact) mass is 340 g/mol. The normalized spacial score (nSPS) is 10.4. The van der Waals surface area contributed by atoms with Gasteiger partial charge in [0.1, 0.15) is 12.3 Å². The first-order chi connectivity index (χ1) is 11.8. The summed E-state index contributed by atoms with van der Waals surface area (Å²) in [5, 5.41) is 2.80. The number of ether oxygens (including phenoxy) is 1. The largest absolute Gasteiger partial charge is 0.491 e. The summed E-state index contributed by atoms with van der Waals surface area (Å²) in [6, 6.07) is 14.7. The minimum atomic E-state index is -0.255. The Labute approximate surface area is 148 Å². The standard InChI is InChI=1S/C20H24N2O3/c1-14(2)25-19-10-8-17(9-11-19)21-20(24)13-22(16(4)23)18-7-5-6-15(3)12-18/h5-12,14H,13H2,1-4H3,(H,21,24). The zero-order chi connectivity index (χ0) is 18.4. The number of hydrogen-bond donors (Lipinski definition) is 1. The highest BCUT2D eigenvalue weighted by Crippen LogP contribution is 2.18. The molecule has 0 unspecified atom stereocenters. The third-order valence-corrected chi connectivity index (χ3v) is 3.51. The predicted octanol–water partition coefficient (Wildman–Crippen LogP) is 3.77. The number of aryl methyl sites for hydroxylation is 1. The molecule has 0 bridgehead atoms. The van der Waals surface area contributed by atoms with Crippen LogP contribution in [0.25, 0.3) is 0 Å². The SMILES string of the molecule is CC(=O)N(CC(=O)Nc1ccc(OC(C)C)cc1)c1cccc(C)c1. The van der Waals surface area contributed by atoms with Crippen LogP contribution in [-0.4, -0.2) is 24.5 Å². The molecule has 0 aliphatic rings. The number of amides is 2. The Morgan fingerprint density at radius 2 is 1.80 bits per heavy atom. The van der Waals surface area contributed by atoms with E-state index in [1.807, 2.05) is 45.0 Å². The number of carbonyl (C=O) groups is 2. The number of nitrogens with zero attached hydrogens (tertiary/aromatic N) is 1. The summed E-state index contributed by atoms with van der Waals surface area (Å²) in [5.41, 5.74) is 2.40. The molecule has 0 radical (unpaired) electrons. The molecular weight excluding hydrogens is 316 g/mol. The minimum Gasteiger partial charge on any atom is -0.491 e.